The van der Waals surface area contributed by atoms with Gasteiger partial charge in [0, 0.05) is 38.3 Å². The second-order valence-electron chi connectivity index (χ2n) is 8.69. The Morgan fingerprint density at radius 1 is 1.24 bits per heavy atom. The number of nitriles is 1. The molecule has 2 aromatic rings. The Bertz CT molecular complexity index is 1090. The number of halogens is 3. The van der Waals surface area contributed by atoms with E-state index in [9.17, 15) is 23.2 Å². The van der Waals surface area contributed by atoms with Crippen LogP contribution in [0.15, 0.2) is 30.3 Å². The number of ether oxygens (including phenoxy) is 1. The van der Waals surface area contributed by atoms with Crippen LogP contribution in [0, 0.1) is 24.2 Å². The fourth-order valence-corrected chi connectivity index (χ4v) is 4.41. The van der Waals surface area contributed by atoms with Crippen LogP contribution in [0.1, 0.15) is 24.1 Å². The average molecular weight is 473 g/mol. The highest BCUT2D eigenvalue weighted by molar-refractivity contribution is 5.90. The third-order valence-corrected chi connectivity index (χ3v) is 6.15. The second-order valence-corrected chi connectivity index (χ2v) is 8.69. The monoisotopic (exact) mass is 473 g/mol. The molecule has 2 saturated heterocycles. The number of carbonyl (C=O) groups excluding carboxylic acids is 1. The summed E-state index contributed by atoms with van der Waals surface area (Å²) in [5.74, 6) is 0.123. The Morgan fingerprint density at radius 3 is 2.71 bits per heavy atom. The minimum Gasteiger partial charge on any atom is -0.378 e. The minimum absolute atomic E-state index is 0.0862. The Balaban J connectivity index is 1.52. The number of pyridine rings is 1. The number of carbonyl (C=O) groups is 1. The summed E-state index contributed by atoms with van der Waals surface area (Å²) in [6, 6.07) is 10.8. The first-order valence-corrected chi connectivity index (χ1v) is 11.2. The van der Waals surface area contributed by atoms with Crippen LogP contribution >= 0.6 is 0 Å². The van der Waals surface area contributed by atoms with Crippen molar-refractivity contribution in [1.82, 2.24) is 9.88 Å². The first-order valence-electron chi connectivity index (χ1n) is 11.2. The molecular formula is C24H26F3N5O2. The van der Waals surface area contributed by atoms with Crippen LogP contribution in [0.3, 0.4) is 0 Å². The molecule has 4 rings (SSSR count). The lowest BCUT2D eigenvalue weighted by Crippen LogP contribution is -2.36. The fourth-order valence-electron chi connectivity index (χ4n) is 4.41. The Morgan fingerprint density at radius 2 is 2.00 bits per heavy atom. The third kappa shape index (κ3) is 5.78. The molecule has 2 fully saturated rings. The molecule has 1 atom stereocenters. The number of hydrogen-bond donors (Lipinski definition) is 1. The Kier molecular flexibility index (Phi) is 6.93. The van der Waals surface area contributed by atoms with Crippen molar-refractivity contribution >= 4 is 17.5 Å². The van der Waals surface area contributed by atoms with E-state index in [2.05, 4.69) is 21.3 Å². The molecule has 1 aromatic carbocycles. The number of anilines is 2. The van der Waals surface area contributed by atoms with Crippen molar-refractivity contribution in [3.05, 3.63) is 41.6 Å². The van der Waals surface area contributed by atoms with Gasteiger partial charge in [0.1, 0.15) is 17.6 Å². The topological polar surface area (TPSA) is 81.5 Å². The van der Waals surface area contributed by atoms with Crippen LogP contribution < -0.4 is 10.2 Å². The van der Waals surface area contributed by atoms with Gasteiger partial charge in [-0.1, -0.05) is 6.07 Å². The average Bonchev–Trinajstić information content (AvgIpc) is 3.27. The first-order chi connectivity index (χ1) is 16.2. The van der Waals surface area contributed by atoms with Crippen molar-refractivity contribution < 1.29 is 22.7 Å². The molecule has 2 aliphatic rings. The van der Waals surface area contributed by atoms with Gasteiger partial charge in [-0.15, -0.1) is 0 Å². The Labute approximate surface area is 196 Å². The van der Waals surface area contributed by atoms with Gasteiger partial charge >= 0.3 is 12.2 Å². The van der Waals surface area contributed by atoms with Gasteiger partial charge < -0.3 is 19.9 Å². The van der Waals surface area contributed by atoms with Crippen LogP contribution in [0.25, 0.3) is 11.1 Å². The molecule has 180 valence electrons. The maximum absolute atomic E-state index is 12.7. The molecule has 1 N–H and O–H groups in total. The zero-order chi connectivity index (χ0) is 24.3. The largest absolute Gasteiger partial charge is 0.389 e. The molecule has 0 saturated carbocycles. The van der Waals surface area contributed by atoms with E-state index in [1.807, 2.05) is 25.1 Å². The summed E-state index contributed by atoms with van der Waals surface area (Å²) in [5, 5.41) is 12.3. The number of nitrogens with zero attached hydrogens (tertiary/aromatic N) is 4. The number of likely N-dealkylation sites (tertiary alicyclic amines) is 1. The number of urea groups is 1. The van der Waals surface area contributed by atoms with Crippen LogP contribution in [-0.4, -0.2) is 61.5 Å². The molecule has 7 nitrogen and oxygen atoms in total. The van der Waals surface area contributed by atoms with E-state index < -0.39 is 24.5 Å². The summed E-state index contributed by atoms with van der Waals surface area (Å²) in [6.07, 6.45) is -4.76. The molecule has 34 heavy (non-hydrogen) atoms. The number of benzene rings is 1. The van der Waals surface area contributed by atoms with E-state index in [0.717, 1.165) is 16.7 Å². The molecule has 0 radical (unpaired) electrons. The quantitative estimate of drug-likeness (QED) is 0.704. The minimum atomic E-state index is -4.23. The number of morpholine rings is 1. The van der Waals surface area contributed by atoms with Gasteiger partial charge in [-0.2, -0.15) is 18.4 Å². The summed E-state index contributed by atoms with van der Waals surface area (Å²) < 4.78 is 43.4. The number of hydrogen-bond acceptors (Lipinski definition) is 5. The number of aromatic nitrogens is 1. The van der Waals surface area contributed by atoms with Crippen molar-refractivity contribution in [2.75, 3.05) is 49.6 Å². The molecule has 0 spiro atoms. The SMILES string of the molecule is Cc1ccc(NC(=O)N2CC[C@@H](CC(F)(F)F)C2)cc1-c1cc(C#N)nc(N2CCOCC2)c1. The number of aryl methyl sites for hydroxylation is 1. The van der Waals surface area contributed by atoms with Gasteiger partial charge in [0.2, 0.25) is 0 Å². The number of amides is 2. The maximum atomic E-state index is 12.7. The van der Waals surface area contributed by atoms with E-state index in [1.165, 1.54) is 4.90 Å². The van der Waals surface area contributed by atoms with E-state index in [4.69, 9.17) is 4.74 Å². The van der Waals surface area contributed by atoms with Gasteiger partial charge in [-0.3, -0.25) is 0 Å². The summed E-state index contributed by atoms with van der Waals surface area (Å²) in [6.45, 7) is 4.86. The highest BCUT2D eigenvalue weighted by Crippen LogP contribution is 2.32. The predicted molar refractivity (Wildman–Crippen MR) is 122 cm³/mol. The molecule has 1 aromatic heterocycles. The van der Waals surface area contributed by atoms with Crippen molar-refractivity contribution in [3.63, 3.8) is 0 Å². The van der Waals surface area contributed by atoms with E-state index in [-0.39, 0.29) is 6.54 Å². The van der Waals surface area contributed by atoms with E-state index in [1.54, 1.807) is 12.1 Å². The van der Waals surface area contributed by atoms with Gasteiger partial charge in [-0.05, 0) is 60.2 Å². The first kappa shape index (κ1) is 23.8. The summed E-state index contributed by atoms with van der Waals surface area (Å²) in [7, 11) is 0. The molecular weight excluding hydrogens is 447 g/mol. The number of nitrogens with one attached hydrogen (secondary N) is 1. The van der Waals surface area contributed by atoms with Gasteiger partial charge in [0.15, 0.2) is 0 Å². The van der Waals surface area contributed by atoms with Crippen molar-refractivity contribution in [2.45, 2.75) is 25.9 Å². The van der Waals surface area contributed by atoms with Crippen molar-refractivity contribution in [2.24, 2.45) is 5.92 Å². The van der Waals surface area contributed by atoms with E-state index >= 15 is 0 Å². The normalized spacial score (nSPS) is 18.6. The zero-order valence-electron chi connectivity index (χ0n) is 18.9. The van der Waals surface area contributed by atoms with Gasteiger partial charge in [0.05, 0.1) is 13.2 Å². The molecule has 2 aliphatic heterocycles. The van der Waals surface area contributed by atoms with Gasteiger partial charge in [0.25, 0.3) is 0 Å². The predicted octanol–water partition coefficient (Wildman–Crippen LogP) is 4.57. The zero-order valence-corrected chi connectivity index (χ0v) is 18.9. The fraction of sp³-hybridized carbons (Fsp3) is 0.458. The van der Waals surface area contributed by atoms with E-state index in [0.29, 0.717) is 56.5 Å². The summed E-state index contributed by atoms with van der Waals surface area (Å²) >= 11 is 0. The second kappa shape index (κ2) is 9.89. The molecule has 10 heteroatoms. The molecule has 0 unspecified atom stereocenters. The smallest absolute Gasteiger partial charge is 0.378 e. The summed E-state index contributed by atoms with van der Waals surface area (Å²) in [4.78, 5) is 20.6. The summed E-state index contributed by atoms with van der Waals surface area (Å²) in [5.41, 5.74) is 3.41. The molecule has 2 amide bonds. The lowest BCUT2D eigenvalue weighted by atomic mass is 9.99. The lowest BCUT2D eigenvalue weighted by molar-refractivity contribution is -0.143. The van der Waals surface area contributed by atoms with Crippen molar-refractivity contribution in [1.29, 1.82) is 5.26 Å². The third-order valence-electron chi connectivity index (χ3n) is 6.15. The highest BCUT2D eigenvalue weighted by Gasteiger charge is 2.36. The molecule has 0 aliphatic carbocycles. The standard InChI is InChI=1S/C24H26F3N5O2/c1-16-2-3-19(30-23(33)32-5-4-17(15-32)13-24(25,26)27)12-21(16)18-10-20(14-28)29-22(11-18)31-6-8-34-9-7-31/h2-3,10-12,17H,4-9,13,15H2,1H3,(H,30,33)/t17-/m0/s1. The van der Waals surface area contributed by atoms with Gasteiger partial charge in [-0.25, -0.2) is 9.78 Å². The highest BCUT2D eigenvalue weighted by atomic mass is 19.4. The number of alkyl halides is 3. The van der Waals surface area contributed by atoms with Crippen LogP contribution in [0.5, 0.6) is 0 Å². The Hall–Kier alpha value is -3.32. The van der Waals surface area contributed by atoms with Crippen LogP contribution in [0.4, 0.5) is 29.5 Å². The lowest BCUT2D eigenvalue weighted by Gasteiger charge is -2.28. The van der Waals surface area contributed by atoms with Crippen molar-refractivity contribution in [3.8, 4) is 17.2 Å². The molecule has 3 heterocycles. The molecule has 0 bridgehead atoms. The van der Waals surface area contributed by atoms with Crippen LogP contribution in [-0.2, 0) is 4.74 Å². The van der Waals surface area contributed by atoms with Crippen LogP contribution in [0.2, 0.25) is 0 Å². The number of rotatable bonds is 4. The maximum Gasteiger partial charge on any atom is 0.389 e.